The quantitative estimate of drug-likeness (QED) is 0.0342. The molecule has 0 amide bonds. The van der Waals surface area contributed by atoms with Crippen LogP contribution in [-0.4, -0.2) is 43.6 Å². The fraction of sp³-hybridized carbons (Fsp3) is 0.829. The molecule has 5 atom stereocenters. The van der Waals surface area contributed by atoms with Gasteiger partial charge in [0.2, 0.25) is 0 Å². The van der Waals surface area contributed by atoms with Crippen molar-refractivity contribution in [2.75, 3.05) is 19.8 Å². The third kappa shape index (κ3) is 20.5. The van der Waals surface area contributed by atoms with Crippen molar-refractivity contribution in [3.63, 3.8) is 0 Å². The number of hydrogen-bond donors (Lipinski definition) is 1. The minimum atomic E-state index is -0.375. The van der Waals surface area contributed by atoms with Crippen LogP contribution in [0, 0.1) is 49.9 Å². The van der Waals surface area contributed by atoms with Gasteiger partial charge in [0.25, 0.3) is 0 Å². The summed E-state index contributed by atoms with van der Waals surface area (Å²) >= 11 is 1.68. The summed E-state index contributed by atoms with van der Waals surface area (Å²) in [5, 5.41) is 12.0. The summed E-state index contributed by atoms with van der Waals surface area (Å²) in [6.07, 6.45) is 13.7. The first-order valence-electron chi connectivity index (χ1n) is 19.6. The number of nitrogens with one attached hydrogen (secondary N) is 1. The van der Waals surface area contributed by atoms with Crippen molar-refractivity contribution in [3.8, 4) is 17.6 Å². The van der Waals surface area contributed by atoms with E-state index in [9.17, 15) is 0 Å². The summed E-state index contributed by atoms with van der Waals surface area (Å²) in [6.45, 7) is 27.6. The maximum absolute atomic E-state index is 8.68. The lowest BCUT2D eigenvalue weighted by Crippen LogP contribution is -2.37. The summed E-state index contributed by atoms with van der Waals surface area (Å²) < 4.78 is 29.1. The van der Waals surface area contributed by atoms with E-state index < -0.39 is 0 Å². The molecule has 1 aliphatic heterocycles. The van der Waals surface area contributed by atoms with Crippen LogP contribution in [0.25, 0.3) is 0 Å². The second-order valence-corrected chi connectivity index (χ2v) is 17.2. The van der Waals surface area contributed by atoms with Gasteiger partial charge in [-0.3, -0.25) is 0 Å². The summed E-state index contributed by atoms with van der Waals surface area (Å²) in [4.78, 5) is 5.11. The van der Waals surface area contributed by atoms with E-state index in [1.807, 2.05) is 0 Å². The highest BCUT2D eigenvalue weighted by molar-refractivity contribution is 14.1. The Morgan fingerprint density at radius 1 is 0.863 bits per heavy atom. The van der Waals surface area contributed by atoms with Crippen molar-refractivity contribution < 1.29 is 26.6 Å². The number of rotatable bonds is 25. The lowest BCUT2D eigenvalue weighted by Gasteiger charge is -2.38. The lowest BCUT2D eigenvalue weighted by molar-refractivity contribution is -0.186. The van der Waals surface area contributed by atoms with Gasteiger partial charge in [-0.1, -0.05) is 100 Å². The highest BCUT2D eigenvalue weighted by Gasteiger charge is 2.34. The number of nitriles is 1. The summed E-state index contributed by atoms with van der Waals surface area (Å²) in [6, 6.07) is 3.31. The Morgan fingerprint density at radius 3 is 2.02 bits per heavy atom. The van der Waals surface area contributed by atoms with Crippen LogP contribution in [0.5, 0.6) is 11.5 Å². The molecule has 0 fully saturated rings. The molecular weight excluding hydrogens is 774 g/mol. The molecule has 2 rings (SSSR count). The Hall–Kier alpha value is -0.730. The van der Waals surface area contributed by atoms with Gasteiger partial charge in [-0.15, -0.1) is 0 Å². The number of hydrogen-bond acceptors (Lipinski definition) is 8. The fourth-order valence-corrected chi connectivity index (χ4v) is 7.45. The van der Waals surface area contributed by atoms with Gasteiger partial charge in [0.15, 0.2) is 32.0 Å². The van der Waals surface area contributed by atoms with E-state index in [0.29, 0.717) is 31.7 Å². The SMILES string of the molecule is CC(C)NC(C)C.Cc1c(C)c2c(c(C)c1OCC(COOI)OPOCCC#N)CCC(C)(CCCC(C)CCCC(C)CCCC(C)C)O2. The Balaban J connectivity index is 0.00000167. The van der Waals surface area contributed by atoms with Crippen molar-refractivity contribution in [2.24, 2.45) is 17.8 Å². The smallest absolute Gasteiger partial charge is 0.155 e. The molecule has 0 spiro atoms. The molecule has 0 saturated heterocycles. The second-order valence-electron chi connectivity index (χ2n) is 16.1. The monoisotopic (exact) mass is 848 g/mol. The van der Waals surface area contributed by atoms with E-state index in [1.54, 1.807) is 23.0 Å². The molecule has 0 radical (unpaired) electrons. The maximum Gasteiger partial charge on any atom is 0.155 e. The molecule has 5 unspecified atom stereocenters. The topological polar surface area (TPSA) is 91.2 Å². The van der Waals surface area contributed by atoms with Gasteiger partial charge in [0.05, 0.1) is 19.1 Å². The molecule has 1 heterocycles. The van der Waals surface area contributed by atoms with Crippen molar-refractivity contribution >= 4 is 32.0 Å². The van der Waals surface area contributed by atoms with Gasteiger partial charge in [0.1, 0.15) is 36.4 Å². The Labute approximate surface area is 329 Å². The van der Waals surface area contributed by atoms with E-state index in [-0.39, 0.29) is 27.3 Å². The first-order valence-corrected chi connectivity index (χ1v) is 21.3. The molecule has 296 valence electrons. The fourth-order valence-electron chi connectivity index (χ4n) is 6.78. The number of ether oxygens (including phenoxy) is 2. The van der Waals surface area contributed by atoms with Crippen LogP contribution >= 0.6 is 32.0 Å². The van der Waals surface area contributed by atoms with Gasteiger partial charge in [-0.2, -0.15) is 8.48 Å². The number of halogens is 1. The van der Waals surface area contributed by atoms with Crippen LogP contribution in [0.15, 0.2) is 0 Å². The van der Waals surface area contributed by atoms with Crippen molar-refractivity contribution in [2.45, 2.75) is 184 Å². The molecule has 1 aromatic rings. The Morgan fingerprint density at radius 2 is 1.47 bits per heavy atom. The summed E-state index contributed by atoms with van der Waals surface area (Å²) in [5.41, 5.74) is 4.49. The summed E-state index contributed by atoms with van der Waals surface area (Å²) in [5.74, 6) is 4.39. The zero-order valence-electron chi connectivity index (χ0n) is 34.3. The number of nitrogens with zero attached hydrogens (tertiary/aromatic N) is 1. The normalized spacial score (nSPS) is 17.6. The minimum Gasteiger partial charge on any atom is -0.490 e. The van der Waals surface area contributed by atoms with Gasteiger partial charge >= 0.3 is 0 Å². The molecule has 0 saturated carbocycles. The zero-order chi connectivity index (χ0) is 38.4. The third-order valence-electron chi connectivity index (χ3n) is 9.81. The molecule has 8 nitrogen and oxygen atoms in total. The number of fused-ring (bicyclic) bond motifs is 1. The predicted octanol–water partition coefficient (Wildman–Crippen LogP) is 12.0. The Kier molecular flexibility index (Phi) is 25.5. The van der Waals surface area contributed by atoms with Crippen molar-refractivity contribution in [1.82, 2.24) is 5.32 Å². The predicted molar refractivity (Wildman–Crippen MR) is 222 cm³/mol. The highest BCUT2D eigenvalue weighted by atomic mass is 127. The molecule has 1 aromatic carbocycles. The minimum absolute atomic E-state index is 0.133. The average Bonchev–Trinajstić information content (AvgIpc) is 3.05. The van der Waals surface area contributed by atoms with E-state index in [4.69, 9.17) is 31.9 Å². The van der Waals surface area contributed by atoms with Crippen molar-refractivity contribution in [1.29, 1.82) is 5.26 Å². The zero-order valence-corrected chi connectivity index (χ0v) is 37.5. The highest BCUT2D eigenvalue weighted by Crippen LogP contribution is 2.45. The molecule has 0 aliphatic carbocycles. The van der Waals surface area contributed by atoms with Crippen LogP contribution < -0.4 is 14.8 Å². The van der Waals surface area contributed by atoms with Gasteiger partial charge in [-0.25, -0.2) is 4.89 Å². The molecule has 1 aliphatic rings. The molecular formula is C41H74IN2O6P. The first-order chi connectivity index (χ1) is 24.1. The largest absolute Gasteiger partial charge is 0.490 e. The first kappa shape index (κ1) is 48.3. The van der Waals surface area contributed by atoms with Crippen LogP contribution in [0.4, 0.5) is 0 Å². The van der Waals surface area contributed by atoms with E-state index >= 15 is 0 Å². The van der Waals surface area contributed by atoms with Gasteiger partial charge in [0, 0.05) is 17.6 Å². The van der Waals surface area contributed by atoms with Gasteiger partial charge < -0.3 is 23.8 Å². The van der Waals surface area contributed by atoms with Crippen LogP contribution in [0.1, 0.15) is 155 Å². The van der Waals surface area contributed by atoms with Crippen molar-refractivity contribution in [3.05, 3.63) is 22.3 Å². The molecule has 0 aromatic heterocycles. The number of benzene rings is 1. The van der Waals surface area contributed by atoms with E-state index in [0.717, 1.165) is 65.2 Å². The molecule has 0 bridgehead atoms. The maximum atomic E-state index is 8.68. The van der Waals surface area contributed by atoms with Crippen LogP contribution in [0.3, 0.4) is 0 Å². The van der Waals surface area contributed by atoms with Crippen LogP contribution in [0.2, 0.25) is 0 Å². The standard InChI is InChI=1S/C35H59INO6P.C6H15N/c1-25(2)13-9-14-26(3)15-10-16-27(4)17-11-19-35(8)20-18-32-30(7)33(28(5)29(6)34(32)41-35)38-23-31(24-39-43-36)42-44-40-22-12-21-37;1-5(2)7-6(3)4/h25-27,31,44H,9-20,22-24H2,1-8H3;5-7H,1-4H3. The Bertz CT molecular complexity index is 1120. The van der Waals surface area contributed by atoms with E-state index in [2.05, 4.69) is 94.5 Å². The lowest BCUT2D eigenvalue weighted by atomic mass is 9.83. The van der Waals surface area contributed by atoms with Gasteiger partial charge in [-0.05, 0) is 87.8 Å². The average molecular weight is 849 g/mol. The van der Waals surface area contributed by atoms with Crippen LogP contribution in [-0.2, 0) is 23.6 Å². The summed E-state index contributed by atoms with van der Waals surface area (Å²) in [7, 11) is -0.203. The molecule has 1 N–H and O–H groups in total. The molecule has 10 heteroatoms. The molecule has 51 heavy (non-hydrogen) atoms. The second kappa shape index (κ2) is 26.9. The third-order valence-corrected chi connectivity index (χ3v) is 10.8. The van der Waals surface area contributed by atoms with E-state index in [1.165, 1.54) is 56.9 Å².